The molecule has 0 fully saturated rings. The fourth-order valence-corrected chi connectivity index (χ4v) is 1.46. The summed E-state index contributed by atoms with van der Waals surface area (Å²) in [7, 11) is 0. The molecule has 56 valence electrons. The number of aliphatic hydroxyl groups excluding tert-OH is 1. The van der Waals surface area contributed by atoms with E-state index < -0.39 is 0 Å². The highest BCUT2D eigenvalue weighted by Gasteiger charge is 1.93. The van der Waals surface area contributed by atoms with Gasteiger partial charge in [0.1, 0.15) is 0 Å². The molecule has 1 rings (SSSR count). The van der Waals surface area contributed by atoms with Crippen molar-refractivity contribution < 1.29 is 5.11 Å². The SMILES string of the molecule is N#CC=Cc1ccc(CO)s1. The molecule has 0 unspecified atom stereocenters. The second-order valence-corrected chi connectivity index (χ2v) is 3.12. The highest BCUT2D eigenvalue weighted by Crippen LogP contribution is 2.17. The lowest BCUT2D eigenvalue weighted by Gasteiger charge is -1.81. The number of thiophene rings is 1. The van der Waals surface area contributed by atoms with Crippen LogP contribution < -0.4 is 0 Å². The lowest BCUT2D eigenvalue weighted by molar-refractivity contribution is 0.285. The van der Waals surface area contributed by atoms with E-state index in [0.717, 1.165) is 9.75 Å². The average Bonchev–Trinajstić information content (AvgIpc) is 2.48. The normalized spacial score (nSPS) is 10.2. The Kier molecular flexibility index (Phi) is 2.84. The molecule has 1 heterocycles. The first-order valence-corrected chi connectivity index (χ1v) is 3.94. The van der Waals surface area contributed by atoms with E-state index in [4.69, 9.17) is 10.4 Å². The van der Waals surface area contributed by atoms with Gasteiger partial charge in [0.2, 0.25) is 0 Å². The lowest BCUT2D eigenvalue weighted by atomic mass is 10.4. The average molecular weight is 165 g/mol. The Morgan fingerprint density at radius 2 is 2.45 bits per heavy atom. The molecule has 11 heavy (non-hydrogen) atoms. The van der Waals surface area contributed by atoms with Crippen LogP contribution in [-0.2, 0) is 6.61 Å². The van der Waals surface area contributed by atoms with Crippen molar-refractivity contribution in [3.05, 3.63) is 28.0 Å². The van der Waals surface area contributed by atoms with Crippen molar-refractivity contribution in [2.45, 2.75) is 6.61 Å². The summed E-state index contributed by atoms with van der Waals surface area (Å²) in [5, 5.41) is 16.9. The summed E-state index contributed by atoms with van der Waals surface area (Å²) in [6.07, 6.45) is 3.15. The summed E-state index contributed by atoms with van der Waals surface area (Å²) in [5.41, 5.74) is 0. The highest BCUT2D eigenvalue weighted by molar-refractivity contribution is 7.12. The van der Waals surface area contributed by atoms with Crippen molar-refractivity contribution >= 4 is 17.4 Å². The molecule has 0 atom stereocenters. The molecule has 0 aliphatic carbocycles. The quantitative estimate of drug-likeness (QED) is 0.679. The van der Waals surface area contributed by atoms with Crippen molar-refractivity contribution in [2.75, 3.05) is 0 Å². The van der Waals surface area contributed by atoms with Gasteiger partial charge in [0.15, 0.2) is 0 Å². The molecular weight excluding hydrogens is 158 g/mol. The molecule has 0 bridgehead atoms. The fraction of sp³-hybridized carbons (Fsp3) is 0.125. The fourth-order valence-electron chi connectivity index (χ4n) is 0.688. The van der Waals surface area contributed by atoms with Crippen LogP contribution in [0.2, 0.25) is 0 Å². The maximum atomic E-state index is 8.70. The monoisotopic (exact) mass is 165 g/mol. The second-order valence-electron chi connectivity index (χ2n) is 1.92. The number of allylic oxidation sites excluding steroid dienone is 1. The first kappa shape index (κ1) is 7.99. The van der Waals surface area contributed by atoms with Crippen molar-refractivity contribution in [1.29, 1.82) is 5.26 Å². The van der Waals surface area contributed by atoms with E-state index in [-0.39, 0.29) is 6.61 Å². The number of hydrogen-bond donors (Lipinski definition) is 1. The van der Waals surface area contributed by atoms with Crippen LogP contribution in [0.5, 0.6) is 0 Å². The van der Waals surface area contributed by atoms with Gasteiger partial charge in [-0.15, -0.1) is 11.3 Å². The molecule has 2 nitrogen and oxygen atoms in total. The topological polar surface area (TPSA) is 44.0 Å². The van der Waals surface area contributed by atoms with Crippen LogP contribution in [0, 0.1) is 11.3 Å². The largest absolute Gasteiger partial charge is 0.391 e. The van der Waals surface area contributed by atoms with E-state index in [0.29, 0.717) is 0 Å². The van der Waals surface area contributed by atoms with Crippen molar-refractivity contribution in [3.63, 3.8) is 0 Å². The molecule has 0 aliphatic rings. The van der Waals surface area contributed by atoms with E-state index in [1.165, 1.54) is 17.4 Å². The van der Waals surface area contributed by atoms with Crippen molar-refractivity contribution in [3.8, 4) is 6.07 Å². The third-order valence-electron chi connectivity index (χ3n) is 1.16. The standard InChI is InChI=1S/C8H7NOS/c9-5-1-2-7-3-4-8(6-10)11-7/h1-4,10H,6H2. The predicted molar refractivity (Wildman–Crippen MR) is 44.9 cm³/mol. The Morgan fingerprint density at radius 3 is 3.00 bits per heavy atom. The van der Waals surface area contributed by atoms with Crippen molar-refractivity contribution in [1.82, 2.24) is 0 Å². The van der Waals surface area contributed by atoms with Crippen LogP contribution >= 0.6 is 11.3 Å². The van der Waals surface area contributed by atoms with Crippen LogP contribution in [-0.4, -0.2) is 5.11 Å². The van der Waals surface area contributed by atoms with E-state index >= 15 is 0 Å². The van der Waals surface area contributed by atoms with Crippen molar-refractivity contribution in [2.24, 2.45) is 0 Å². The molecule has 0 amide bonds. The Morgan fingerprint density at radius 1 is 1.64 bits per heavy atom. The van der Waals surface area contributed by atoms with Gasteiger partial charge in [-0.25, -0.2) is 0 Å². The molecule has 1 N–H and O–H groups in total. The Balaban J connectivity index is 2.74. The van der Waals surface area contributed by atoms with Crippen LogP contribution in [0.1, 0.15) is 9.75 Å². The third kappa shape index (κ3) is 2.19. The van der Waals surface area contributed by atoms with Gasteiger partial charge in [-0.2, -0.15) is 5.26 Å². The Labute approximate surface area is 69.0 Å². The zero-order valence-corrected chi connectivity index (χ0v) is 6.64. The van der Waals surface area contributed by atoms with Gasteiger partial charge in [0, 0.05) is 15.8 Å². The van der Waals surface area contributed by atoms with Crippen LogP contribution in [0.25, 0.3) is 6.08 Å². The Hall–Kier alpha value is -1.11. The number of nitrogens with zero attached hydrogens (tertiary/aromatic N) is 1. The molecule has 0 aliphatic heterocycles. The van der Waals surface area contributed by atoms with Gasteiger partial charge < -0.3 is 5.11 Å². The van der Waals surface area contributed by atoms with E-state index in [1.807, 2.05) is 18.2 Å². The summed E-state index contributed by atoms with van der Waals surface area (Å²) in [6.45, 7) is 0.0745. The minimum Gasteiger partial charge on any atom is -0.391 e. The number of hydrogen-bond acceptors (Lipinski definition) is 3. The molecule has 0 saturated carbocycles. The van der Waals surface area contributed by atoms with Crippen LogP contribution in [0.3, 0.4) is 0 Å². The van der Waals surface area contributed by atoms with Gasteiger partial charge in [0.25, 0.3) is 0 Å². The summed E-state index contributed by atoms with van der Waals surface area (Å²) in [6, 6.07) is 5.64. The van der Waals surface area contributed by atoms with Gasteiger partial charge in [0.05, 0.1) is 12.7 Å². The first-order valence-electron chi connectivity index (χ1n) is 3.12. The molecule has 0 spiro atoms. The maximum Gasteiger partial charge on any atom is 0.0912 e. The zero-order chi connectivity index (χ0) is 8.10. The van der Waals surface area contributed by atoms with E-state index in [9.17, 15) is 0 Å². The molecule has 0 aromatic carbocycles. The maximum absolute atomic E-state index is 8.70. The van der Waals surface area contributed by atoms with Crippen LogP contribution in [0.4, 0.5) is 0 Å². The zero-order valence-electron chi connectivity index (χ0n) is 5.82. The summed E-state index contributed by atoms with van der Waals surface area (Å²) in [4.78, 5) is 1.91. The first-order chi connectivity index (χ1) is 5.36. The molecular formula is C8H7NOS. The summed E-state index contributed by atoms with van der Waals surface area (Å²) >= 11 is 1.48. The number of aliphatic hydroxyl groups is 1. The van der Waals surface area contributed by atoms with Gasteiger partial charge >= 0.3 is 0 Å². The minimum atomic E-state index is 0.0745. The molecule has 0 saturated heterocycles. The third-order valence-corrected chi connectivity index (χ3v) is 2.20. The van der Waals surface area contributed by atoms with Gasteiger partial charge in [-0.05, 0) is 18.2 Å². The number of rotatable bonds is 2. The van der Waals surface area contributed by atoms with E-state index in [2.05, 4.69) is 0 Å². The molecule has 1 aromatic rings. The molecule has 1 aromatic heterocycles. The molecule has 0 radical (unpaired) electrons. The number of nitriles is 1. The smallest absolute Gasteiger partial charge is 0.0912 e. The minimum absolute atomic E-state index is 0.0745. The van der Waals surface area contributed by atoms with E-state index in [1.54, 1.807) is 6.08 Å². The summed E-state index contributed by atoms with van der Waals surface area (Å²) in [5.74, 6) is 0. The second kappa shape index (κ2) is 3.91. The van der Waals surface area contributed by atoms with Gasteiger partial charge in [-0.3, -0.25) is 0 Å². The highest BCUT2D eigenvalue weighted by atomic mass is 32.1. The lowest BCUT2D eigenvalue weighted by Crippen LogP contribution is -1.69. The van der Waals surface area contributed by atoms with Gasteiger partial charge in [-0.1, -0.05) is 0 Å². The predicted octanol–water partition coefficient (Wildman–Crippen LogP) is 1.78. The van der Waals surface area contributed by atoms with Crippen LogP contribution in [0.15, 0.2) is 18.2 Å². The Bertz CT molecular complexity index is 295. The summed E-state index contributed by atoms with van der Waals surface area (Å²) < 4.78 is 0. The molecule has 3 heteroatoms.